The number of hydrogen-bond acceptors (Lipinski definition) is 3. The first-order valence-electron chi connectivity index (χ1n) is 6.11. The molecular formula is C17H10N2O2. The van der Waals surface area contributed by atoms with Gasteiger partial charge < -0.3 is 5.11 Å². The summed E-state index contributed by atoms with van der Waals surface area (Å²) in [5.41, 5.74) is 1.99. The molecular weight excluding hydrogens is 264 g/mol. The summed E-state index contributed by atoms with van der Waals surface area (Å²) in [5.74, 6) is -1.02. The third kappa shape index (κ3) is 2.97. The van der Waals surface area contributed by atoms with E-state index in [-0.39, 0.29) is 11.1 Å². The molecule has 4 heteroatoms. The van der Waals surface area contributed by atoms with Crippen molar-refractivity contribution in [2.45, 2.75) is 0 Å². The van der Waals surface area contributed by atoms with Crippen LogP contribution in [0.5, 0.6) is 0 Å². The van der Waals surface area contributed by atoms with Crippen LogP contribution in [0.15, 0.2) is 54.1 Å². The molecule has 0 saturated heterocycles. The smallest absolute Gasteiger partial charge is 0.336 e. The highest BCUT2D eigenvalue weighted by Crippen LogP contribution is 2.28. The van der Waals surface area contributed by atoms with E-state index in [0.29, 0.717) is 16.7 Å². The zero-order valence-electron chi connectivity index (χ0n) is 10.9. The Balaban J connectivity index is 2.68. The predicted molar refractivity (Wildman–Crippen MR) is 78.0 cm³/mol. The van der Waals surface area contributed by atoms with Crippen molar-refractivity contribution in [2.24, 2.45) is 0 Å². The molecule has 0 heterocycles. The van der Waals surface area contributed by atoms with Crippen molar-refractivity contribution >= 4 is 12.0 Å². The topological polar surface area (TPSA) is 84.9 Å². The zero-order chi connectivity index (χ0) is 15.2. The van der Waals surface area contributed by atoms with Gasteiger partial charge in [-0.25, -0.2) is 4.79 Å². The fourth-order valence-electron chi connectivity index (χ4n) is 2.02. The van der Waals surface area contributed by atoms with Crippen LogP contribution in [0.1, 0.15) is 15.9 Å². The summed E-state index contributed by atoms with van der Waals surface area (Å²) in [7, 11) is 0. The molecule has 0 aliphatic carbocycles. The molecule has 4 nitrogen and oxygen atoms in total. The van der Waals surface area contributed by atoms with Gasteiger partial charge in [0.15, 0.2) is 0 Å². The molecule has 2 aromatic rings. The number of nitriles is 2. The van der Waals surface area contributed by atoms with Crippen LogP contribution >= 0.6 is 0 Å². The summed E-state index contributed by atoms with van der Waals surface area (Å²) in [6, 6.07) is 17.3. The van der Waals surface area contributed by atoms with Crippen molar-refractivity contribution in [2.75, 3.05) is 0 Å². The van der Waals surface area contributed by atoms with E-state index in [1.165, 1.54) is 12.1 Å². The molecule has 2 aromatic carbocycles. The Hall–Kier alpha value is -3.37. The molecule has 0 aliphatic heterocycles. The lowest BCUT2D eigenvalue weighted by Gasteiger charge is -2.09. The van der Waals surface area contributed by atoms with Crippen LogP contribution in [0, 0.1) is 22.7 Å². The van der Waals surface area contributed by atoms with Crippen LogP contribution in [0.2, 0.25) is 0 Å². The van der Waals surface area contributed by atoms with E-state index in [9.17, 15) is 9.90 Å². The third-order valence-electron chi connectivity index (χ3n) is 2.95. The maximum atomic E-state index is 11.3. The summed E-state index contributed by atoms with van der Waals surface area (Å²) in [5, 5.41) is 27.0. The van der Waals surface area contributed by atoms with Gasteiger partial charge in [0.25, 0.3) is 0 Å². The first kappa shape index (κ1) is 14.0. The van der Waals surface area contributed by atoms with Gasteiger partial charge in [0.2, 0.25) is 0 Å². The highest BCUT2D eigenvalue weighted by atomic mass is 16.4. The van der Waals surface area contributed by atoms with E-state index in [2.05, 4.69) is 0 Å². The Bertz CT molecular complexity index is 792. The minimum absolute atomic E-state index is 0.0322. The maximum absolute atomic E-state index is 11.3. The van der Waals surface area contributed by atoms with Gasteiger partial charge in [0.05, 0.1) is 5.56 Å². The lowest BCUT2D eigenvalue weighted by Crippen LogP contribution is -1.99. The van der Waals surface area contributed by atoms with E-state index in [0.717, 1.165) is 0 Å². The minimum Gasteiger partial charge on any atom is -0.478 e. The number of benzene rings is 2. The van der Waals surface area contributed by atoms with Gasteiger partial charge in [0, 0.05) is 0 Å². The first-order chi connectivity index (χ1) is 10.2. The molecule has 0 atom stereocenters. The van der Waals surface area contributed by atoms with Gasteiger partial charge in [-0.2, -0.15) is 10.5 Å². The van der Waals surface area contributed by atoms with Crippen LogP contribution < -0.4 is 0 Å². The van der Waals surface area contributed by atoms with Gasteiger partial charge in [-0.15, -0.1) is 0 Å². The Kier molecular flexibility index (Phi) is 4.14. The molecule has 0 unspecified atom stereocenters. The standard InChI is InChI=1S/C17H10N2O2/c18-10-12(11-19)9-13-5-1-2-6-14(13)15-7-3-4-8-16(15)17(20)21/h1-9H,(H,20,21). The molecule has 0 spiro atoms. The quantitative estimate of drug-likeness (QED) is 0.868. The molecule has 2 rings (SSSR count). The number of aromatic carboxylic acids is 1. The summed E-state index contributed by atoms with van der Waals surface area (Å²) in [6.07, 6.45) is 1.45. The fourth-order valence-corrected chi connectivity index (χ4v) is 2.02. The highest BCUT2D eigenvalue weighted by Gasteiger charge is 2.13. The molecule has 0 aromatic heterocycles. The SMILES string of the molecule is N#CC(C#N)=Cc1ccccc1-c1ccccc1C(=O)O. The average Bonchev–Trinajstić information content (AvgIpc) is 2.53. The van der Waals surface area contributed by atoms with Gasteiger partial charge in [-0.1, -0.05) is 42.5 Å². The fraction of sp³-hybridized carbons (Fsp3) is 0. The largest absolute Gasteiger partial charge is 0.478 e. The molecule has 0 bridgehead atoms. The number of carbonyl (C=O) groups is 1. The highest BCUT2D eigenvalue weighted by molar-refractivity contribution is 5.97. The van der Waals surface area contributed by atoms with Crippen molar-refractivity contribution in [1.82, 2.24) is 0 Å². The van der Waals surface area contributed by atoms with Crippen LogP contribution in [0.25, 0.3) is 17.2 Å². The summed E-state index contributed by atoms with van der Waals surface area (Å²) < 4.78 is 0. The molecule has 0 aliphatic rings. The average molecular weight is 274 g/mol. The van der Waals surface area contributed by atoms with E-state index < -0.39 is 5.97 Å². The maximum Gasteiger partial charge on any atom is 0.336 e. The molecule has 21 heavy (non-hydrogen) atoms. The van der Waals surface area contributed by atoms with Crippen molar-refractivity contribution in [3.8, 4) is 23.3 Å². The van der Waals surface area contributed by atoms with Gasteiger partial charge in [-0.3, -0.25) is 0 Å². The zero-order valence-corrected chi connectivity index (χ0v) is 10.9. The number of nitrogens with zero attached hydrogens (tertiary/aromatic N) is 2. The normalized spacial score (nSPS) is 9.24. The number of hydrogen-bond donors (Lipinski definition) is 1. The molecule has 1 N–H and O–H groups in total. The first-order valence-corrected chi connectivity index (χ1v) is 6.11. The number of carboxylic acids is 1. The Labute approximate surface area is 121 Å². The van der Waals surface area contributed by atoms with Crippen LogP contribution in [-0.4, -0.2) is 11.1 Å². The van der Waals surface area contributed by atoms with E-state index in [4.69, 9.17) is 10.5 Å². The molecule has 0 fully saturated rings. The summed E-state index contributed by atoms with van der Waals surface area (Å²) >= 11 is 0. The van der Waals surface area contributed by atoms with Crippen molar-refractivity contribution in [1.29, 1.82) is 10.5 Å². The van der Waals surface area contributed by atoms with Crippen LogP contribution in [0.3, 0.4) is 0 Å². The van der Waals surface area contributed by atoms with Crippen molar-refractivity contribution < 1.29 is 9.90 Å². The molecule has 0 radical (unpaired) electrons. The van der Waals surface area contributed by atoms with Crippen LogP contribution in [-0.2, 0) is 0 Å². The Morgan fingerprint density at radius 3 is 2.14 bits per heavy atom. The van der Waals surface area contributed by atoms with E-state index in [1.54, 1.807) is 54.6 Å². The molecule has 100 valence electrons. The number of allylic oxidation sites excluding steroid dienone is 1. The second kappa shape index (κ2) is 6.18. The lowest BCUT2D eigenvalue weighted by molar-refractivity contribution is 0.0697. The number of carboxylic acid groups (broad SMARTS) is 1. The van der Waals surface area contributed by atoms with Crippen LogP contribution in [0.4, 0.5) is 0 Å². The van der Waals surface area contributed by atoms with Gasteiger partial charge in [0.1, 0.15) is 17.7 Å². The van der Waals surface area contributed by atoms with Gasteiger partial charge >= 0.3 is 5.97 Å². The third-order valence-corrected chi connectivity index (χ3v) is 2.95. The monoisotopic (exact) mass is 274 g/mol. The van der Waals surface area contributed by atoms with Crippen molar-refractivity contribution in [3.63, 3.8) is 0 Å². The second-order valence-corrected chi connectivity index (χ2v) is 4.22. The summed E-state index contributed by atoms with van der Waals surface area (Å²) in [4.78, 5) is 11.3. The van der Waals surface area contributed by atoms with E-state index >= 15 is 0 Å². The lowest BCUT2D eigenvalue weighted by atomic mass is 9.94. The second-order valence-electron chi connectivity index (χ2n) is 4.22. The Morgan fingerprint density at radius 1 is 0.952 bits per heavy atom. The molecule has 0 amide bonds. The minimum atomic E-state index is -1.02. The van der Waals surface area contributed by atoms with Gasteiger partial charge in [-0.05, 0) is 28.8 Å². The van der Waals surface area contributed by atoms with Crippen molar-refractivity contribution in [3.05, 3.63) is 65.2 Å². The summed E-state index contributed by atoms with van der Waals surface area (Å²) in [6.45, 7) is 0. The number of rotatable bonds is 3. The predicted octanol–water partition coefficient (Wildman–Crippen LogP) is 3.48. The molecule has 0 saturated carbocycles. The van der Waals surface area contributed by atoms with E-state index in [1.807, 2.05) is 0 Å². The Morgan fingerprint density at radius 2 is 1.52 bits per heavy atom.